The van der Waals surface area contributed by atoms with Crippen molar-refractivity contribution in [2.45, 2.75) is 31.7 Å². The first-order chi connectivity index (χ1) is 14.6. The fraction of sp³-hybridized carbons (Fsp3) is 0.304. The molecule has 5 rings (SSSR count). The van der Waals surface area contributed by atoms with Gasteiger partial charge in [0.25, 0.3) is 5.91 Å². The van der Waals surface area contributed by atoms with Crippen molar-refractivity contribution in [1.29, 1.82) is 0 Å². The first-order valence-electron chi connectivity index (χ1n) is 10.3. The Kier molecular flexibility index (Phi) is 4.58. The number of rotatable bonds is 5. The lowest BCUT2D eigenvalue weighted by molar-refractivity contribution is -0.126. The number of nitrogens with zero attached hydrogens (tertiary/aromatic N) is 4. The summed E-state index contributed by atoms with van der Waals surface area (Å²) in [5.74, 6) is -0.123. The van der Waals surface area contributed by atoms with Gasteiger partial charge in [-0.05, 0) is 43.4 Å². The molecule has 2 aromatic rings. The molecule has 0 spiro atoms. The van der Waals surface area contributed by atoms with E-state index in [1.807, 2.05) is 34.1 Å². The van der Waals surface area contributed by atoms with Crippen LogP contribution in [0.25, 0.3) is 11.1 Å². The van der Waals surface area contributed by atoms with Gasteiger partial charge >= 0.3 is 0 Å². The van der Waals surface area contributed by atoms with E-state index in [0.717, 1.165) is 48.1 Å². The van der Waals surface area contributed by atoms with Crippen LogP contribution in [0.1, 0.15) is 25.7 Å². The zero-order valence-electron chi connectivity index (χ0n) is 16.7. The molecule has 7 nitrogen and oxygen atoms in total. The zero-order valence-corrected chi connectivity index (χ0v) is 16.7. The van der Waals surface area contributed by atoms with E-state index in [2.05, 4.69) is 21.9 Å². The second-order valence-corrected chi connectivity index (χ2v) is 7.96. The van der Waals surface area contributed by atoms with Crippen molar-refractivity contribution in [1.82, 2.24) is 19.8 Å². The molecule has 152 valence electrons. The van der Waals surface area contributed by atoms with E-state index in [-0.39, 0.29) is 18.4 Å². The van der Waals surface area contributed by atoms with Gasteiger partial charge in [-0.3, -0.25) is 9.59 Å². The highest BCUT2D eigenvalue weighted by atomic mass is 16.2. The third-order valence-corrected chi connectivity index (χ3v) is 5.83. The number of benzene rings is 1. The summed E-state index contributed by atoms with van der Waals surface area (Å²) in [6.45, 7) is 5.02. The molecule has 1 saturated carbocycles. The van der Waals surface area contributed by atoms with Gasteiger partial charge in [0.1, 0.15) is 12.0 Å². The molecular weight excluding hydrogens is 378 g/mol. The molecule has 30 heavy (non-hydrogen) atoms. The fourth-order valence-electron chi connectivity index (χ4n) is 4.24. The standard InChI is InChI=1S/C23H23N5O2/c1-15-20-3-2-10-27(22(20)23(30)28(15)19-8-9-19)13-21(29)26-18-6-4-16(5-7-18)17-11-24-14-25-12-17/h4-7,11-12,14,19H,1-3,8-10,13H2,(H,26,29). The Bertz CT molecular complexity index is 1040. The van der Waals surface area contributed by atoms with Crippen LogP contribution >= 0.6 is 0 Å². The molecule has 0 saturated heterocycles. The summed E-state index contributed by atoms with van der Waals surface area (Å²) >= 11 is 0. The van der Waals surface area contributed by atoms with Crippen molar-refractivity contribution in [2.75, 3.05) is 18.4 Å². The van der Waals surface area contributed by atoms with Crippen molar-refractivity contribution < 1.29 is 9.59 Å². The molecule has 0 atom stereocenters. The molecule has 7 heteroatoms. The lowest BCUT2D eigenvalue weighted by Gasteiger charge is -2.28. The molecule has 2 amide bonds. The van der Waals surface area contributed by atoms with Gasteiger partial charge in [-0.2, -0.15) is 0 Å². The number of hydrogen-bond donors (Lipinski definition) is 1. The topological polar surface area (TPSA) is 78.4 Å². The van der Waals surface area contributed by atoms with Crippen LogP contribution in [0.15, 0.2) is 66.5 Å². The SMILES string of the molecule is C=C1C2=C(C(=O)N1C1CC1)N(CC(=O)Nc1ccc(-c3cncnc3)cc1)CCC2. The summed E-state index contributed by atoms with van der Waals surface area (Å²) in [6, 6.07) is 7.86. The fourth-order valence-corrected chi connectivity index (χ4v) is 4.24. The normalized spacial score (nSPS) is 18.7. The average Bonchev–Trinajstić information content (AvgIpc) is 3.56. The highest BCUT2D eigenvalue weighted by Crippen LogP contribution is 2.42. The molecule has 1 fully saturated rings. The molecule has 1 aliphatic carbocycles. The summed E-state index contributed by atoms with van der Waals surface area (Å²) in [4.78, 5) is 37.5. The zero-order chi connectivity index (χ0) is 20.7. The summed E-state index contributed by atoms with van der Waals surface area (Å²) in [7, 11) is 0. The van der Waals surface area contributed by atoms with E-state index in [9.17, 15) is 9.59 Å². The molecule has 3 heterocycles. The van der Waals surface area contributed by atoms with Gasteiger partial charge in [0.15, 0.2) is 0 Å². The Hall–Kier alpha value is -3.48. The van der Waals surface area contributed by atoms with Gasteiger partial charge in [0.05, 0.1) is 6.54 Å². The Morgan fingerprint density at radius 1 is 1.13 bits per heavy atom. The van der Waals surface area contributed by atoms with Crippen LogP contribution in [-0.4, -0.2) is 50.7 Å². The van der Waals surface area contributed by atoms with Crippen LogP contribution in [0.4, 0.5) is 5.69 Å². The van der Waals surface area contributed by atoms with Crippen LogP contribution in [0, 0.1) is 0 Å². The van der Waals surface area contributed by atoms with Gasteiger partial charge in [-0.1, -0.05) is 18.7 Å². The minimum absolute atomic E-state index is 0.0134. The van der Waals surface area contributed by atoms with Crippen LogP contribution in [-0.2, 0) is 9.59 Å². The maximum atomic E-state index is 13.0. The number of amides is 2. The molecule has 1 aromatic carbocycles. The van der Waals surface area contributed by atoms with Crippen molar-refractivity contribution in [3.8, 4) is 11.1 Å². The Morgan fingerprint density at radius 2 is 1.87 bits per heavy atom. The van der Waals surface area contributed by atoms with Gasteiger partial charge in [0, 0.05) is 47.5 Å². The summed E-state index contributed by atoms with van der Waals surface area (Å²) in [6.07, 6.45) is 8.84. The number of nitrogens with one attached hydrogen (secondary N) is 1. The van der Waals surface area contributed by atoms with E-state index in [4.69, 9.17) is 0 Å². The Balaban J connectivity index is 1.26. The number of hydrogen-bond acceptors (Lipinski definition) is 5. The molecule has 2 aliphatic heterocycles. The lowest BCUT2D eigenvalue weighted by Crippen LogP contribution is -2.39. The van der Waals surface area contributed by atoms with Crippen molar-refractivity contribution in [3.63, 3.8) is 0 Å². The number of carbonyl (C=O) groups excluding carboxylic acids is 2. The Labute approximate surface area is 175 Å². The monoisotopic (exact) mass is 401 g/mol. The molecule has 0 bridgehead atoms. The summed E-state index contributed by atoms with van der Waals surface area (Å²) < 4.78 is 0. The van der Waals surface area contributed by atoms with E-state index >= 15 is 0 Å². The van der Waals surface area contributed by atoms with Crippen LogP contribution in [0.3, 0.4) is 0 Å². The Morgan fingerprint density at radius 3 is 2.57 bits per heavy atom. The third-order valence-electron chi connectivity index (χ3n) is 5.83. The molecule has 0 unspecified atom stereocenters. The predicted molar refractivity (Wildman–Crippen MR) is 113 cm³/mol. The summed E-state index contributed by atoms with van der Waals surface area (Å²) in [5.41, 5.74) is 5.14. The minimum atomic E-state index is -0.136. The smallest absolute Gasteiger partial charge is 0.275 e. The van der Waals surface area contributed by atoms with E-state index in [0.29, 0.717) is 24.0 Å². The second-order valence-electron chi connectivity index (χ2n) is 7.96. The summed E-state index contributed by atoms with van der Waals surface area (Å²) in [5, 5.41) is 2.94. The molecule has 1 N–H and O–H groups in total. The van der Waals surface area contributed by atoms with Crippen molar-refractivity contribution in [3.05, 3.63) is 66.5 Å². The van der Waals surface area contributed by atoms with E-state index in [1.165, 1.54) is 6.33 Å². The van der Waals surface area contributed by atoms with Gasteiger partial charge < -0.3 is 15.1 Å². The van der Waals surface area contributed by atoms with Gasteiger partial charge in [0.2, 0.25) is 5.91 Å². The average molecular weight is 401 g/mol. The molecular formula is C23H23N5O2. The highest BCUT2D eigenvalue weighted by molar-refractivity contribution is 6.01. The van der Waals surface area contributed by atoms with Crippen LogP contribution in [0.2, 0.25) is 0 Å². The van der Waals surface area contributed by atoms with E-state index in [1.54, 1.807) is 12.4 Å². The van der Waals surface area contributed by atoms with Crippen LogP contribution in [0.5, 0.6) is 0 Å². The van der Waals surface area contributed by atoms with Crippen LogP contribution < -0.4 is 5.32 Å². The maximum Gasteiger partial charge on any atom is 0.275 e. The second kappa shape index (κ2) is 7.40. The number of carbonyl (C=O) groups is 2. The first-order valence-corrected chi connectivity index (χ1v) is 10.3. The maximum absolute atomic E-state index is 13.0. The largest absolute Gasteiger partial charge is 0.357 e. The lowest BCUT2D eigenvalue weighted by atomic mass is 10.0. The number of allylic oxidation sites excluding steroid dienone is 1. The first kappa shape index (κ1) is 18.5. The molecule has 0 radical (unpaired) electrons. The minimum Gasteiger partial charge on any atom is -0.357 e. The van der Waals surface area contributed by atoms with Crippen molar-refractivity contribution >= 4 is 17.5 Å². The number of aromatic nitrogens is 2. The molecule has 3 aliphatic rings. The van der Waals surface area contributed by atoms with Crippen molar-refractivity contribution in [2.24, 2.45) is 0 Å². The van der Waals surface area contributed by atoms with Gasteiger partial charge in [-0.25, -0.2) is 9.97 Å². The van der Waals surface area contributed by atoms with E-state index < -0.39 is 0 Å². The highest BCUT2D eigenvalue weighted by Gasteiger charge is 2.45. The number of anilines is 1. The quantitative estimate of drug-likeness (QED) is 0.833. The third kappa shape index (κ3) is 3.36. The molecule has 1 aromatic heterocycles. The van der Waals surface area contributed by atoms with Gasteiger partial charge in [-0.15, -0.1) is 0 Å². The predicted octanol–water partition coefficient (Wildman–Crippen LogP) is 2.95.